The van der Waals surface area contributed by atoms with Crippen LogP contribution in [0.5, 0.6) is 0 Å². The molecule has 24 heavy (non-hydrogen) atoms. The van der Waals surface area contributed by atoms with Crippen LogP contribution in [0.2, 0.25) is 0 Å². The van der Waals surface area contributed by atoms with Gasteiger partial charge in [-0.25, -0.2) is 9.67 Å². The van der Waals surface area contributed by atoms with E-state index in [0.717, 1.165) is 29.0 Å². The highest BCUT2D eigenvalue weighted by Crippen LogP contribution is 2.23. The van der Waals surface area contributed by atoms with E-state index >= 15 is 0 Å². The number of nitrogens with one attached hydrogen (secondary N) is 2. The van der Waals surface area contributed by atoms with Crippen molar-refractivity contribution in [1.82, 2.24) is 25.1 Å². The number of fused-ring (bicyclic) bond motifs is 1. The molecule has 2 N–H and O–H groups in total. The number of H-pyrrole nitrogens is 1. The second kappa shape index (κ2) is 6.47. The SMILES string of the molecule is CCc1[nH]c2ccc(C(=O)NCCn3nc(C)nc3C)cc2c1C. The standard InChI is InChI=1S/C18H23N5O/c1-5-16-11(2)15-10-14(6-7-17(15)21-16)18(24)19-8-9-23-13(4)20-12(3)22-23/h6-7,10,21H,5,8-9H2,1-4H3,(H,19,24). The molecule has 6 nitrogen and oxygen atoms in total. The van der Waals surface area contributed by atoms with E-state index in [1.165, 1.54) is 11.3 Å². The van der Waals surface area contributed by atoms with Crippen LogP contribution in [0, 0.1) is 20.8 Å². The van der Waals surface area contributed by atoms with Gasteiger partial charge in [0, 0.05) is 28.7 Å². The van der Waals surface area contributed by atoms with Crippen LogP contribution in [0.1, 0.15) is 40.2 Å². The van der Waals surface area contributed by atoms with Crippen LogP contribution in [0.3, 0.4) is 0 Å². The highest BCUT2D eigenvalue weighted by atomic mass is 16.1. The van der Waals surface area contributed by atoms with Gasteiger partial charge in [0.25, 0.3) is 5.91 Å². The first-order chi connectivity index (χ1) is 11.5. The van der Waals surface area contributed by atoms with Crippen LogP contribution in [0.4, 0.5) is 0 Å². The number of carbonyl (C=O) groups is 1. The van der Waals surface area contributed by atoms with E-state index in [-0.39, 0.29) is 5.91 Å². The zero-order valence-electron chi connectivity index (χ0n) is 14.6. The van der Waals surface area contributed by atoms with E-state index < -0.39 is 0 Å². The molecule has 0 aliphatic rings. The summed E-state index contributed by atoms with van der Waals surface area (Å²) in [4.78, 5) is 20.0. The van der Waals surface area contributed by atoms with Gasteiger partial charge in [0.1, 0.15) is 11.6 Å². The second-order valence-electron chi connectivity index (χ2n) is 6.03. The average Bonchev–Trinajstić information content (AvgIpc) is 3.06. The molecule has 0 fully saturated rings. The Kier molecular flexibility index (Phi) is 4.38. The molecule has 3 rings (SSSR count). The van der Waals surface area contributed by atoms with Crippen molar-refractivity contribution in [1.29, 1.82) is 0 Å². The van der Waals surface area contributed by atoms with Gasteiger partial charge in [0.2, 0.25) is 0 Å². The van der Waals surface area contributed by atoms with Crippen LogP contribution in [-0.2, 0) is 13.0 Å². The summed E-state index contributed by atoms with van der Waals surface area (Å²) in [5.41, 5.74) is 4.20. The van der Waals surface area contributed by atoms with Crippen LogP contribution in [-0.4, -0.2) is 32.2 Å². The molecule has 0 bridgehead atoms. The Morgan fingerprint density at radius 2 is 2.08 bits per heavy atom. The third kappa shape index (κ3) is 3.04. The molecule has 0 radical (unpaired) electrons. The number of aromatic amines is 1. The molecule has 6 heteroatoms. The van der Waals surface area contributed by atoms with E-state index in [2.05, 4.69) is 34.2 Å². The molecule has 0 saturated heterocycles. The molecule has 0 unspecified atom stereocenters. The minimum absolute atomic E-state index is 0.0648. The maximum Gasteiger partial charge on any atom is 0.251 e. The van der Waals surface area contributed by atoms with E-state index in [1.54, 1.807) is 0 Å². The highest BCUT2D eigenvalue weighted by molar-refractivity contribution is 5.99. The summed E-state index contributed by atoms with van der Waals surface area (Å²) in [5.74, 6) is 1.54. The Morgan fingerprint density at radius 3 is 2.75 bits per heavy atom. The summed E-state index contributed by atoms with van der Waals surface area (Å²) >= 11 is 0. The minimum Gasteiger partial charge on any atom is -0.358 e. The molecule has 0 spiro atoms. The summed E-state index contributed by atoms with van der Waals surface area (Å²) in [6, 6.07) is 5.79. The number of benzene rings is 1. The fourth-order valence-corrected chi connectivity index (χ4v) is 3.03. The number of nitrogens with zero attached hydrogens (tertiary/aromatic N) is 3. The molecule has 126 valence electrons. The third-order valence-corrected chi connectivity index (χ3v) is 4.35. The van der Waals surface area contributed by atoms with Crippen LogP contribution in [0.25, 0.3) is 10.9 Å². The monoisotopic (exact) mass is 325 g/mol. The Balaban J connectivity index is 1.69. The van der Waals surface area contributed by atoms with Crippen molar-refractivity contribution < 1.29 is 4.79 Å². The van der Waals surface area contributed by atoms with Gasteiger partial charge < -0.3 is 10.3 Å². The molecule has 3 aromatic rings. The van der Waals surface area contributed by atoms with E-state index in [1.807, 2.05) is 36.7 Å². The predicted octanol–water partition coefficient (Wildman–Crippen LogP) is 2.68. The van der Waals surface area contributed by atoms with Gasteiger partial charge in [0.05, 0.1) is 6.54 Å². The Hall–Kier alpha value is -2.63. The normalized spacial score (nSPS) is 11.2. The molecule has 0 atom stereocenters. The molecular weight excluding hydrogens is 302 g/mol. The van der Waals surface area contributed by atoms with Gasteiger partial charge >= 0.3 is 0 Å². The van der Waals surface area contributed by atoms with Crippen LogP contribution in [0.15, 0.2) is 18.2 Å². The number of hydrogen-bond donors (Lipinski definition) is 2. The topological polar surface area (TPSA) is 75.6 Å². The molecule has 1 amide bonds. The zero-order chi connectivity index (χ0) is 17.3. The molecular formula is C18H23N5O. The van der Waals surface area contributed by atoms with Crippen molar-refractivity contribution >= 4 is 16.8 Å². The summed E-state index contributed by atoms with van der Waals surface area (Å²) in [6.07, 6.45) is 0.957. The van der Waals surface area contributed by atoms with Crippen molar-refractivity contribution in [3.8, 4) is 0 Å². The maximum atomic E-state index is 12.4. The lowest BCUT2D eigenvalue weighted by Gasteiger charge is -2.06. The Morgan fingerprint density at radius 1 is 1.29 bits per heavy atom. The van der Waals surface area contributed by atoms with Gasteiger partial charge in [0.15, 0.2) is 0 Å². The predicted molar refractivity (Wildman–Crippen MR) is 94.2 cm³/mol. The zero-order valence-corrected chi connectivity index (χ0v) is 14.6. The highest BCUT2D eigenvalue weighted by Gasteiger charge is 2.11. The van der Waals surface area contributed by atoms with Gasteiger partial charge in [-0.05, 0) is 51.0 Å². The fraction of sp³-hybridized carbons (Fsp3) is 0.389. The van der Waals surface area contributed by atoms with Crippen LogP contribution < -0.4 is 5.32 Å². The van der Waals surface area contributed by atoms with Crippen molar-refractivity contribution in [3.05, 3.63) is 46.7 Å². The number of rotatable bonds is 5. The number of hydrogen-bond acceptors (Lipinski definition) is 3. The summed E-state index contributed by atoms with van der Waals surface area (Å²) < 4.78 is 1.81. The van der Waals surface area contributed by atoms with Crippen molar-refractivity contribution in [2.24, 2.45) is 0 Å². The largest absolute Gasteiger partial charge is 0.358 e. The number of amides is 1. The van der Waals surface area contributed by atoms with E-state index in [9.17, 15) is 4.79 Å². The first kappa shape index (κ1) is 16.2. The lowest BCUT2D eigenvalue weighted by molar-refractivity contribution is 0.0952. The van der Waals surface area contributed by atoms with Crippen LogP contribution >= 0.6 is 0 Å². The molecule has 1 aromatic carbocycles. The van der Waals surface area contributed by atoms with Gasteiger partial charge in [-0.2, -0.15) is 5.10 Å². The summed E-state index contributed by atoms with van der Waals surface area (Å²) in [5, 5.41) is 8.36. The van der Waals surface area contributed by atoms with Gasteiger partial charge in [-0.15, -0.1) is 0 Å². The molecule has 0 aliphatic heterocycles. The first-order valence-corrected chi connectivity index (χ1v) is 8.27. The van der Waals surface area contributed by atoms with Gasteiger partial charge in [-0.1, -0.05) is 6.92 Å². The Labute approximate surface area is 141 Å². The third-order valence-electron chi connectivity index (χ3n) is 4.35. The lowest BCUT2D eigenvalue weighted by Crippen LogP contribution is -2.27. The average molecular weight is 325 g/mol. The Bertz CT molecular complexity index is 890. The first-order valence-electron chi connectivity index (χ1n) is 8.27. The minimum atomic E-state index is -0.0648. The van der Waals surface area contributed by atoms with Crippen molar-refractivity contribution in [2.75, 3.05) is 6.54 Å². The van der Waals surface area contributed by atoms with Crippen molar-refractivity contribution in [3.63, 3.8) is 0 Å². The van der Waals surface area contributed by atoms with E-state index in [0.29, 0.717) is 18.7 Å². The van der Waals surface area contributed by atoms with Crippen molar-refractivity contribution in [2.45, 2.75) is 40.7 Å². The van der Waals surface area contributed by atoms with Gasteiger partial charge in [-0.3, -0.25) is 4.79 Å². The maximum absolute atomic E-state index is 12.4. The second-order valence-corrected chi connectivity index (χ2v) is 6.03. The number of carbonyl (C=O) groups excluding carboxylic acids is 1. The number of aryl methyl sites for hydroxylation is 4. The number of aromatic nitrogens is 4. The molecule has 0 aliphatic carbocycles. The molecule has 2 heterocycles. The quantitative estimate of drug-likeness (QED) is 0.757. The summed E-state index contributed by atoms with van der Waals surface area (Å²) in [7, 11) is 0. The lowest BCUT2D eigenvalue weighted by atomic mass is 10.1. The summed E-state index contributed by atoms with van der Waals surface area (Å²) in [6.45, 7) is 9.13. The fourth-order valence-electron chi connectivity index (χ4n) is 3.03. The molecule has 2 aromatic heterocycles. The molecule has 0 saturated carbocycles. The van der Waals surface area contributed by atoms with E-state index in [4.69, 9.17) is 0 Å². The smallest absolute Gasteiger partial charge is 0.251 e.